The highest BCUT2D eigenvalue weighted by molar-refractivity contribution is 8.14. The quantitative estimate of drug-likeness (QED) is 0.402. The summed E-state index contributed by atoms with van der Waals surface area (Å²) in [4.78, 5) is 25.8. The van der Waals surface area contributed by atoms with Gasteiger partial charge in [0.05, 0.1) is 12.0 Å². The first-order chi connectivity index (χ1) is 11.5. The molecule has 0 fully saturated rings. The molecule has 0 rings (SSSR count). The van der Waals surface area contributed by atoms with Gasteiger partial charge in [0.15, 0.2) is 5.12 Å². The molecule has 0 aliphatic rings. The van der Waals surface area contributed by atoms with Gasteiger partial charge in [0, 0.05) is 10.7 Å². The highest BCUT2D eigenvalue weighted by Crippen LogP contribution is 2.46. The Morgan fingerprint density at radius 1 is 1.04 bits per heavy atom. The summed E-state index contributed by atoms with van der Waals surface area (Å²) in [5.41, 5.74) is -0.973. The van der Waals surface area contributed by atoms with E-state index in [0.717, 1.165) is 38.5 Å². The van der Waals surface area contributed by atoms with Crippen molar-refractivity contribution in [2.24, 2.45) is 16.7 Å². The summed E-state index contributed by atoms with van der Waals surface area (Å²) in [7, 11) is 0. The molecule has 2 atom stereocenters. The average Bonchev–Trinajstić information content (AvgIpc) is 2.49. The third kappa shape index (κ3) is 7.72. The molecule has 0 heterocycles. The van der Waals surface area contributed by atoms with Gasteiger partial charge in [0.1, 0.15) is 0 Å². The fourth-order valence-corrected chi connectivity index (χ4v) is 4.74. The lowest BCUT2D eigenvalue weighted by Gasteiger charge is -2.40. The van der Waals surface area contributed by atoms with Crippen LogP contribution >= 0.6 is 11.8 Å². The fraction of sp³-hybridized carbons (Fsp3) is 0.905. The number of unbranched alkanes of at least 4 members (excludes halogenated alkanes) is 1. The second-order valence-electron chi connectivity index (χ2n) is 8.51. The molecule has 0 saturated carbocycles. The van der Waals surface area contributed by atoms with Gasteiger partial charge >= 0.3 is 5.97 Å². The molecule has 2 unspecified atom stereocenters. The van der Waals surface area contributed by atoms with Crippen LogP contribution in [0.3, 0.4) is 0 Å². The molecule has 0 saturated heterocycles. The van der Waals surface area contributed by atoms with E-state index < -0.39 is 10.8 Å². The van der Waals surface area contributed by atoms with Gasteiger partial charge in [0.2, 0.25) is 0 Å². The first-order valence-corrected chi connectivity index (χ1v) is 10.8. The number of carbonyl (C=O) groups excluding carboxylic acids is 2. The van der Waals surface area contributed by atoms with E-state index in [1.165, 1.54) is 11.8 Å². The zero-order valence-electron chi connectivity index (χ0n) is 17.7. The Bertz CT molecular complexity index is 412. The van der Waals surface area contributed by atoms with E-state index in [2.05, 4.69) is 27.7 Å². The number of rotatable bonds is 11. The highest BCUT2D eigenvalue weighted by atomic mass is 32.2. The number of hydrogen-bond donors (Lipinski definition) is 0. The third-order valence-electron chi connectivity index (χ3n) is 4.45. The van der Waals surface area contributed by atoms with Crippen molar-refractivity contribution < 1.29 is 14.3 Å². The Labute approximate surface area is 160 Å². The smallest absolute Gasteiger partial charge is 0.313 e. The summed E-state index contributed by atoms with van der Waals surface area (Å²) < 4.78 is 5.53. The normalized spacial score (nSPS) is 15.7. The van der Waals surface area contributed by atoms with Crippen LogP contribution in [0.15, 0.2) is 0 Å². The molecule has 0 aromatic heterocycles. The van der Waals surface area contributed by atoms with E-state index in [-0.39, 0.29) is 16.3 Å². The summed E-state index contributed by atoms with van der Waals surface area (Å²) in [6, 6.07) is 0. The minimum absolute atomic E-state index is 0.0134. The van der Waals surface area contributed by atoms with Crippen molar-refractivity contribution in [3.63, 3.8) is 0 Å². The monoisotopic (exact) mass is 372 g/mol. The van der Waals surface area contributed by atoms with Crippen LogP contribution in [0.1, 0.15) is 93.9 Å². The number of hydrogen-bond acceptors (Lipinski definition) is 4. The van der Waals surface area contributed by atoms with E-state index in [9.17, 15) is 9.59 Å². The second-order valence-corrected chi connectivity index (χ2v) is 9.69. The Morgan fingerprint density at radius 3 is 2.04 bits per heavy atom. The Morgan fingerprint density at radius 2 is 1.64 bits per heavy atom. The van der Waals surface area contributed by atoms with Crippen molar-refractivity contribution in [3.05, 3.63) is 0 Å². The van der Waals surface area contributed by atoms with Crippen molar-refractivity contribution in [2.75, 3.05) is 6.61 Å². The topological polar surface area (TPSA) is 43.4 Å². The third-order valence-corrected chi connectivity index (χ3v) is 6.25. The summed E-state index contributed by atoms with van der Waals surface area (Å²) in [6.07, 6.45) is 5.44. The van der Waals surface area contributed by atoms with Crippen molar-refractivity contribution in [3.8, 4) is 0 Å². The molecule has 0 aliphatic carbocycles. The molecule has 0 aromatic rings. The van der Waals surface area contributed by atoms with Crippen molar-refractivity contribution >= 4 is 22.8 Å². The molecule has 3 nitrogen and oxygen atoms in total. The van der Waals surface area contributed by atoms with Crippen LogP contribution < -0.4 is 0 Å². The molecule has 0 aromatic carbocycles. The summed E-state index contributed by atoms with van der Waals surface area (Å²) in [5.74, 6) is 0.270. The van der Waals surface area contributed by atoms with Gasteiger partial charge in [0.25, 0.3) is 0 Å². The Balaban J connectivity index is 5.91. The zero-order valence-corrected chi connectivity index (χ0v) is 18.6. The molecular formula is C21H40O3S. The maximum absolute atomic E-state index is 13.1. The van der Waals surface area contributed by atoms with Crippen molar-refractivity contribution in [1.29, 1.82) is 0 Å². The van der Waals surface area contributed by atoms with Gasteiger partial charge in [-0.05, 0) is 32.1 Å². The van der Waals surface area contributed by atoms with Crippen LogP contribution in [-0.4, -0.2) is 22.9 Å². The largest absolute Gasteiger partial charge is 0.466 e. The standard InChI is InChI=1S/C21H40O3S/c1-9-12-13-17(25-19(23)20(6,7)8)21(14-10-2,15-16(4)5)18(22)24-11-3/h16-17H,9-15H2,1-8H3. The average molecular weight is 373 g/mol. The van der Waals surface area contributed by atoms with Crippen molar-refractivity contribution in [1.82, 2.24) is 0 Å². The van der Waals surface area contributed by atoms with E-state index in [0.29, 0.717) is 12.5 Å². The highest BCUT2D eigenvalue weighted by Gasteiger charge is 2.48. The molecule has 0 amide bonds. The van der Waals surface area contributed by atoms with Crippen LogP contribution in [0.25, 0.3) is 0 Å². The van der Waals surface area contributed by atoms with E-state index >= 15 is 0 Å². The Hall–Kier alpha value is -0.510. The van der Waals surface area contributed by atoms with Crippen LogP contribution in [0, 0.1) is 16.7 Å². The molecule has 0 spiro atoms. The van der Waals surface area contributed by atoms with E-state index in [1.54, 1.807) is 0 Å². The first kappa shape index (κ1) is 24.5. The number of esters is 1. The van der Waals surface area contributed by atoms with Gasteiger partial charge < -0.3 is 4.74 Å². The number of ether oxygens (including phenoxy) is 1. The maximum atomic E-state index is 13.1. The van der Waals surface area contributed by atoms with Gasteiger partial charge in [-0.15, -0.1) is 0 Å². The molecular weight excluding hydrogens is 332 g/mol. The zero-order chi connectivity index (χ0) is 19.7. The molecule has 4 heteroatoms. The van der Waals surface area contributed by atoms with Gasteiger partial charge in [-0.1, -0.05) is 79.5 Å². The predicted octanol–water partition coefficient (Wildman–Crippen LogP) is 6.25. The number of thioether (sulfide) groups is 1. The van der Waals surface area contributed by atoms with Crippen LogP contribution in [0.4, 0.5) is 0 Å². The van der Waals surface area contributed by atoms with Crippen molar-refractivity contribution in [2.45, 2.75) is 99.2 Å². The lowest BCUT2D eigenvalue weighted by molar-refractivity contribution is -0.157. The van der Waals surface area contributed by atoms with Gasteiger partial charge in [-0.25, -0.2) is 0 Å². The molecule has 0 aliphatic heterocycles. The van der Waals surface area contributed by atoms with Crippen LogP contribution in [0.5, 0.6) is 0 Å². The molecule has 0 bridgehead atoms. The second kappa shape index (κ2) is 11.3. The summed E-state index contributed by atoms with van der Waals surface area (Å²) in [5, 5.41) is 0.155. The molecule has 25 heavy (non-hydrogen) atoms. The van der Waals surface area contributed by atoms with Crippen LogP contribution in [-0.2, 0) is 14.3 Å². The summed E-state index contributed by atoms with van der Waals surface area (Å²) in [6.45, 7) is 16.7. The van der Waals surface area contributed by atoms with E-state index in [4.69, 9.17) is 4.74 Å². The molecule has 0 N–H and O–H groups in total. The lowest BCUT2D eigenvalue weighted by Crippen LogP contribution is -2.44. The van der Waals surface area contributed by atoms with Gasteiger partial charge in [-0.3, -0.25) is 9.59 Å². The summed E-state index contributed by atoms with van der Waals surface area (Å²) >= 11 is 1.39. The number of carbonyl (C=O) groups is 2. The predicted molar refractivity (Wildman–Crippen MR) is 109 cm³/mol. The molecule has 148 valence electrons. The van der Waals surface area contributed by atoms with Gasteiger partial charge in [-0.2, -0.15) is 0 Å². The minimum Gasteiger partial charge on any atom is -0.466 e. The van der Waals surface area contributed by atoms with Crippen LogP contribution in [0.2, 0.25) is 0 Å². The minimum atomic E-state index is -0.570. The fourth-order valence-electron chi connectivity index (χ4n) is 3.30. The lowest BCUT2D eigenvalue weighted by atomic mass is 9.72. The SMILES string of the molecule is CCCCC(SC(=O)C(C)(C)C)C(CCC)(CC(C)C)C(=O)OCC. The molecule has 0 radical (unpaired) electrons. The van der Waals surface area contributed by atoms with E-state index in [1.807, 2.05) is 27.7 Å². The first-order valence-electron chi connectivity index (χ1n) is 9.93. The maximum Gasteiger partial charge on any atom is 0.313 e. The Kier molecular flexibility index (Phi) is 11.0.